The number of nitriles is 1. The minimum Gasteiger partial charge on any atom is -0.397 e. The fraction of sp³-hybridized carbons (Fsp3) is 0.200. The number of hydrogen-bond acceptors (Lipinski definition) is 4. The Hall–Kier alpha value is -2.02. The van der Waals surface area contributed by atoms with Crippen LogP contribution in [0.15, 0.2) is 24.9 Å². The molecule has 0 aromatic carbocycles. The van der Waals surface area contributed by atoms with Gasteiger partial charge in [0.2, 0.25) is 0 Å². The highest BCUT2D eigenvalue weighted by Gasteiger charge is 2.02. The summed E-state index contributed by atoms with van der Waals surface area (Å²) in [5.41, 5.74) is 6.46. The summed E-state index contributed by atoms with van der Waals surface area (Å²) < 4.78 is 0. The Balaban J connectivity index is 2.76. The first-order valence-electron chi connectivity index (χ1n) is 4.28. The number of nitrogens with zero attached hydrogens (tertiary/aromatic N) is 2. The lowest BCUT2D eigenvalue weighted by molar-refractivity contribution is 1.05. The van der Waals surface area contributed by atoms with Crippen LogP contribution in [0.1, 0.15) is 12.0 Å². The molecule has 0 radical (unpaired) electrons. The van der Waals surface area contributed by atoms with Crippen LogP contribution < -0.4 is 11.1 Å². The standard InChI is InChI=1S/C10H12N4/c1-2-3-4-13-10-8(6-11)5-9(12)7-14-10/h2,5,7H,1,3-4,12H2,(H,13,14). The predicted octanol–water partition coefficient (Wildman–Crippen LogP) is 1.52. The van der Waals surface area contributed by atoms with E-state index in [0.717, 1.165) is 13.0 Å². The van der Waals surface area contributed by atoms with Gasteiger partial charge in [0, 0.05) is 6.54 Å². The Bertz CT molecular complexity index is 365. The van der Waals surface area contributed by atoms with Crippen molar-refractivity contribution in [2.45, 2.75) is 6.42 Å². The molecule has 0 spiro atoms. The second kappa shape index (κ2) is 4.87. The zero-order valence-corrected chi connectivity index (χ0v) is 7.83. The van der Waals surface area contributed by atoms with Gasteiger partial charge < -0.3 is 11.1 Å². The largest absolute Gasteiger partial charge is 0.397 e. The smallest absolute Gasteiger partial charge is 0.144 e. The second-order valence-electron chi connectivity index (χ2n) is 2.78. The number of hydrogen-bond donors (Lipinski definition) is 2. The molecule has 14 heavy (non-hydrogen) atoms. The summed E-state index contributed by atoms with van der Waals surface area (Å²) in [6.07, 6.45) is 4.16. The number of nitrogens with two attached hydrogens (primary N) is 1. The normalized spacial score (nSPS) is 9.07. The molecule has 1 aromatic heterocycles. The van der Waals surface area contributed by atoms with Gasteiger partial charge in [-0.3, -0.25) is 0 Å². The van der Waals surface area contributed by atoms with Crippen LogP contribution in [0.4, 0.5) is 11.5 Å². The number of aromatic nitrogens is 1. The van der Waals surface area contributed by atoms with Crippen LogP contribution >= 0.6 is 0 Å². The maximum Gasteiger partial charge on any atom is 0.144 e. The maximum absolute atomic E-state index is 8.79. The molecule has 0 fully saturated rings. The van der Waals surface area contributed by atoms with Gasteiger partial charge in [-0.1, -0.05) is 6.08 Å². The molecule has 0 bridgehead atoms. The predicted molar refractivity (Wildman–Crippen MR) is 56.7 cm³/mol. The van der Waals surface area contributed by atoms with Crippen LogP contribution in [-0.2, 0) is 0 Å². The monoisotopic (exact) mass is 188 g/mol. The van der Waals surface area contributed by atoms with Crippen LogP contribution in [0.3, 0.4) is 0 Å². The first-order valence-corrected chi connectivity index (χ1v) is 4.28. The lowest BCUT2D eigenvalue weighted by Gasteiger charge is -2.05. The first-order chi connectivity index (χ1) is 6.77. The number of anilines is 2. The summed E-state index contributed by atoms with van der Waals surface area (Å²) in [6.45, 7) is 4.32. The van der Waals surface area contributed by atoms with Crippen molar-refractivity contribution in [3.05, 3.63) is 30.5 Å². The van der Waals surface area contributed by atoms with E-state index in [-0.39, 0.29) is 0 Å². The van der Waals surface area contributed by atoms with E-state index in [9.17, 15) is 0 Å². The van der Waals surface area contributed by atoms with Crippen LogP contribution in [0, 0.1) is 11.3 Å². The maximum atomic E-state index is 8.79. The van der Waals surface area contributed by atoms with Crippen LogP contribution in [-0.4, -0.2) is 11.5 Å². The van der Waals surface area contributed by atoms with Crippen LogP contribution in [0.25, 0.3) is 0 Å². The van der Waals surface area contributed by atoms with Crippen molar-refractivity contribution in [3.63, 3.8) is 0 Å². The highest BCUT2D eigenvalue weighted by molar-refractivity contribution is 5.57. The molecule has 0 aliphatic carbocycles. The summed E-state index contributed by atoms with van der Waals surface area (Å²) in [6, 6.07) is 3.63. The van der Waals surface area contributed by atoms with Crippen molar-refractivity contribution in [1.82, 2.24) is 4.98 Å². The number of nitrogens with one attached hydrogen (secondary N) is 1. The summed E-state index contributed by atoms with van der Waals surface area (Å²) in [5.74, 6) is 0.573. The van der Waals surface area contributed by atoms with Gasteiger partial charge in [-0.25, -0.2) is 4.98 Å². The number of pyridine rings is 1. The van der Waals surface area contributed by atoms with Crippen LogP contribution in [0.2, 0.25) is 0 Å². The molecule has 0 saturated heterocycles. The van der Waals surface area contributed by atoms with Gasteiger partial charge in [-0.2, -0.15) is 5.26 Å². The Labute approximate surface area is 83.1 Å². The number of rotatable bonds is 4. The fourth-order valence-corrected chi connectivity index (χ4v) is 1.000. The summed E-state index contributed by atoms with van der Waals surface area (Å²) >= 11 is 0. The molecule has 0 aliphatic rings. The molecule has 72 valence electrons. The molecule has 1 aromatic rings. The van der Waals surface area contributed by atoms with Crippen molar-refractivity contribution in [1.29, 1.82) is 5.26 Å². The average molecular weight is 188 g/mol. The van der Waals surface area contributed by atoms with Crippen LogP contribution in [0.5, 0.6) is 0 Å². The first kappa shape index (κ1) is 10.1. The topological polar surface area (TPSA) is 74.7 Å². The van der Waals surface area contributed by atoms with E-state index in [2.05, 4.69) is 16.9 Å². The van der Waals surface area contributed by atoms with Crippen molar-refractivity contribution >= 4 is 11.5 Å². The summed E-state index contributed by atoms with van der Waals surface area (Å²) in [7, 11) is 0. The highest BCUT2D eigenvalue weighted by Crippen LogP contribution is 2.13. The molecular formula is C10H12N4. The van der Waals surface area contributed by atoms with Gasteiger partial charge in [0.05, 0.1) is 17.4 Å². The van der Waals surface area contributed by atoms with Gasteiger partial charge in [0.25, 0.3) is 0 Å². The zero-order valence-electron chi connectivity index (χ0n) is 7.83. The molecule has 0 saturated carbocycles. The molecule has 4 heteroatoms. The molecule has 0 aliphatic heterocycles. The van der Waals surface area contributed by atoms with Gasteiger partial charge in [0.15, 0.2) is 0 Å². The van der Waals surface area contributed by atoms with Gasteiger partial charge in [0.1, 0.15) is 11.9 Å². The minimum absolute atomic E-state index is 0.467. The Morgan fingerprint density at radius 1 is 1.71 bits per heavy atom. The lowest BCUT2D eigenvalue weighted by Crippen LogP contribution is -2.04. The quantitative estimate of drug-likeness (QED) is 0.555. The third kappa shape index (κ3) is 2.49. The Morgan fingerprint density at radius 2 is 2.50 bits per heavy atom. The lowest BCUT2D eigenvalue weighted by atomic mass is 10.2. The molecule has 1 rings (SSSR count). The van der Waals surface area contributed by atoms with E-state index in [1.54, 1.807) is 12.1 Å². The van der Waals surface area contributed by atoms with E-state index < -0.39 is 0 Å². The molecular weight excluding hydrogens is 176 g/mol. The Morgan fingerprint density at radius 3 is 3.14 bits per heavy atom. The molecule has 4 nitrogen and oxygen atoms in total. The molecule has 0 unspecified atom stereocenters. The number of nitrogen functional groups attached to an aromatic ring is 1. The highest BCUT2D eigenvalue weighted by atomic mass is 15.0. The minimum atomic E-state index is 0.467. The van der Waals surface area contributed by atoms with E-state index >= 15 is 0 Å². The molecule has 0 amide bonds. The zero-order chi connectivity index (χ0) is 10.4. The van der Waals surface area contributed by atoms with Gasteiger partial charge in [-0.15, -0.1) is 6.58 Å². The summed E-state index contributed by atoms with van der Waals surface area (Å²) in [5, 5.41) is 11.8. The molecule has 3 N–H and O–H groups in total. The van der Waals surface area contributed by atoms with Crippen molar-refractivity contribution in [2.24, 2.45) is 0 Å². The SMILES string of the molecule is C=CCCNc1ncc(N)cc1C#N. The van der Waals surface area contributed by atoms with E-state index in [0.29, 0.717) is 17.1 Å². The van der Waals surface area contributed by atoms with Crippen molar-refractivity contribution < 1.29 is 0 Å². The average Bonchev–Trinajstić information content (AvgIpc) is 2.20. The van der Waals surface area contributed by atoms with Crippen molar-refractivity contribution in [2.75, 3.05) is 17.6 Å². The van der Waals surface area contributed by atoms with Gasteiger partial charge >= 0.3 is 0 Å². The van der Waals surface area contributed by atoms with Crippen molar-refractivity contribution in [3.8, 4) is 6.07 Å². The van der Waals surface area contributed by atoms with E-state index in [1.165, 1.54) is 6.20 Å². The fourth-order valence-electron chi connectivity index (χ4n) is 1.000. The molecule has 1 heterocycles. The second-order valence-corrected chi connectivity index (χ2v) is 2.78. The van der Waals surface area contributed by atoms with Gasteiger partial charge in [-0.05, 0) is 12.5 Å². The summed E-state index contributed by atoms with van der Waals surface area (Å²) in [4.78, 5) is 4.03. The third-order valence-corrected chi connectivity index (χ3v) is 1.67. The molecule has 0 atom stereocenters. The van der Waals surface area contributed by atoms with E-state index in [4.69, 9.17) is 11.0 Å². The Kier molecular flexibility index (Phi) is 3.50. The third-order valence-electron chi connectivity index (χ3n) is 1.67. The van der Waals surface area contributed by atoms with E-state index in [1.807, 2.05) is 6.07 Å².